The molecule has 0 aromatic heterocycles. The van der Waals surface area contributed by atoms with Crippen LogP contribution in [-0.4, -0.2) is 28.3 Å². The number of carboxylic acids is 1. The smallest absolute Gasteiger partial charge is 0.323 e. The molecular weight excluding hydrogens is 232 g/mol. The number of aliphatic hydroxyl groups is 1. The molecule has 0 saturated heterocycles. The van der Waals surface area contributed by atoms with Gasteiger partial charge in [-0.15, -0.1) is 0 Å². The first-order valence-electron chi connectivity index (χ1n) is 5.00. The van der Waals surface area contributed by atoms with Gasteiger partial charge in [-0.25, -0.2) is 8.78 Å². The summed E-state index contributed by atoms with van der Waals surface area (Å²) in [5, 5.41) is 20.4. The minimum atomic E-state index is -1.23. The topological polar surface area (TPSA) is 69.6 Å². The zero-order chi connectivity index (χ0) is 13.0. The van der Waals surface area contributed by atoms with E-state index >= 15 is 0 Å². The van der Waals surface area contributed by atoms with E-state index in [0.29, 0.717) is 0 Å². The van der Waals surface area contributed by atoms with Crippen molar-refractivity contribution in [1.29, 1.82) is 0 Å². The van der Waals surface area contributed by atoms with Gasteiger partial charge in [0.05, 0.1) is 6.10 Å². The molecule has 2 atom stereocenters. The van der Waals surface area contributed by atoms with E-state index in [1.54, 1.807) is 0 Å². The van der Waals surface area contributed by atoms with Gasteiger partial charge in [-0.3, -0.25) is 10.1 Å². The molecule has 0 fully saturated rings. The quantitative estimate of drug-likeness (QED) is 0.720. The van der Waals surface area contributed by atoms with Gasteiger partial charge in [0.15, 0.2) is 0 Å². The average Bonchev–Trinajstić information content (AvgIpc) is 2.20. The Morgan fingerprint density at radius 1 is 1.47 bits per heavy atom. The van der Waals surface area contributed by atoms with Crippen LogP contribution in [0.3, 0.4) is 0 Å². The summed E-state index contributed by atoms with van der Waals surface area (Å²) >= 11 is 0. The summed E-state index contributed by atoms with van der Waals surface area (Å²) in [7, 11) is 0. The molecule has 3 N–H and O–H groups in total. The van der Waals surface area contributed by atoms with Gasteiger partial charge in [0.2, 0.25) is 0 Å². The Kier molecular flexibility index (Phi) is 4.53. The summed E-state index contributed by atoms with van der Waals surface area (Å²) in [5.41, 5.74) is 0.137. The Bertz CT molecular complexity index is 410. The fourth-order valence-electron chi connectivity index (χ4n) is 1.35. The second kappa shape index (κ2) is 5.70. The van der Waals surface area contributed by atoms with E-state index in [1.807, 2.05) is 0 Å². The molecule has 94 valence electrons. The Labute approximate surface area is 96.9 Å². The van der Waals surface area contributed by atoms with Gasteiger partial charge in [0.25, 0.3) is 0 Å². The number of hydrogen-bond acceptors (Lipinski definition) is 3. The summed E-state index contributed by atoms with van der Waals surface area (Å²) in [6.45, 7) is 1.21. The number of benzene rings is 1. The molecule has 0 radical (unpaired) electrons. The Hall–Kier alpha value is -1.53. The van der Waals surface area contributed by atoms with E-state index < -0.39 is 29.7 Å². The molecule has 17 heavy (non-hydrogen) atoms. The number of carbonyl (C=O) groups is 1. The lowest BCUT2D eigenvalue weighted by molar-refractivity contribution is -0.142. The van der Waals surface area contributed by atoms with Gasteiger partial charge in [-0.2, -0.15) is 0 Å². The molecular formula is C11H13F2NO3. The van der Waals surface area contributed by atoms with Crippen LogP contribution in [0.25, 0.3) is 0 Å². The normalized spacial score (nSPS) is 14.4. The van der Waals surface area contributed by atoms with Crippen LogP contribution in [0.15, 0.2) is 18.2 Å². The molecule has 0 aliphatic heterocycles. The zero-order valence-electron chi connectivity index (χ0n) is 9.15. The van der Waals surface area contributed by atoms with Crippen LogP contribution >= 0.6 is 0 Å². The molecule has 0 aliphatic carbocycles. The lowest BCUT2D eigenvalue weighted by Crippen LogP contribution is -2.44. The highest BCUT2D eigenvalue weighted by Gasteiger charge is 2.22. The van der Waals surface area contributed by atoms with Crippen LogP contribution in [-0.2, 0) is 11.3 Å². The van der Waals surface area contributed by atoms with Gasteiger partial charge < -0.3 is 10.2 Å². The van der Waals surface area contributed by atoms with Crippen molar-refractivity contribution in [1.82, 2.24) is 5.32 Å². The Morgan fingerprint density at radius 2 is 2.12 bits per heavy atom. The largest absolute Gasteiger partial charge is 0.480 e. The van der Waals surface area contributed by atoms with E-state index in [2.05, 4.69) is 5.32 Å². The number of hydrogen-bond donors (Lipinski definition) is 3. The molecule has 1 aromatic rings. The summed E-state index contributed by atoms with van der Waals surface area (Å²) in [6, 6.07) is 1.82. The SMILES string of the molecule is CC(O)C(NCc1ccc(F)cc1F)C(=O)O. The van der Waals surface area contributed by atoms with E-state index in [1.165, 1.54) is 13.0 Å². The van der Waals surface area contributed by atoms with E-state index in [9.17, 15) is 18.7 Å². The third-order valence-corrected chi connectivity index (χ3v) is 2.28. The van der Waals surface area contributed by atoms with Gasteiger partial charge >= 0.3 is 5.97 Å². The van der Waals surface area contributed by atoms with Crippen LogP contribution in [0.2, 0.25) is 0 Å². The van der Waals surface area contributed by atoms with Crippen LogP contribution in [0, 0.1) is 11.6 Å². The summed E-state index contributed by atoms with van der Waals surface area (Å²) < 4.78 is 25.8. The fourth-order valence-corrected chi connectivity index (χ4v) is 1.35. The van der Waals surface area contributed by atoms with E-state index in [-0.39, 0.29) is 12.1 Å². The number of carboxylic acid groups (broad SMARTS) is 1. The molecule has 0 saturated carbocycles. The predicted molar refractivity (Wildman–Crippen MR) is 56.3 cm³/mol. The maximum Gasteiger partial charge on any atom is 0.323 e. The summed E-state index contributed by atoms with van der Waals surface area (Å²) in [4.78, 5) is 10.7. The number of halogens is 2. The van der Waals surface area contributed by atoms with Crippen molar-refractivity contribution >= 4 is 5.97 Å². The van der Waals surface area contributed by atoms with Gasteiger partial charge in [-0.1, -0.05) is 6.07 Å². The van der Waals surface area contributed by atoms with Crippen LogP contribution in [0.5, 0.6) is 0 Å². The van der Waals surface area contributed by atoms with Crippen LogP contribution in [0.1, 0.15) is 12.5 Å². The van der Waals surface area contributed by atoms with Gasteiger partial charge in [-0.05, 0) is 13.0 Å². The van der Waals surface area contributed by atoms with Crippen molar-refractivity contribution in [3.63, 3.8) is 0 Å². The molecule has 6 heteroatoms. The molecule has 0 bridgehead atoms. The number of rotatable bonds is 5. The molecule has 1 rings (SSSR count). The molecule has 1 aromatic carbocycles. The predicted octanol–water partition coefficient (Wildman–Crippen LogP) is 0.888. The van der Waals surface area contributed by atoms with Crippen molar-refractivity contribution in [3.8, 4) is 0 Å². The highest BCUT2D eigenvalue weighted by atomic mass is 19.1. The summed E-state index contributed by atoms with van der Waals surface area (Å²) in [6.07, 6.45) is -1.11. The standard InChI is InChI=1S/C11H13F2NO3/c1-6(15)10(11(16)17)14-5-7-2-3-8(12)4-9(7)13/h2-4,6,10,14-15H,5H2,1H3,(H,16,17). The van der Waals surface area contributed by atoms with Gasteiger partial charge in [0.1, 0.15) is 17.7 Å². The van der Waals surface area contributed by atoms with Crippen molar-refractivity contribution in [2.24, 2.45) is 0 Å². The van der Waals surface area contributed by atoms with Crippen molar-refractivity contribution in [2.45, 2.75) is 25.6 Å². The first kappa shape index (κ1) is 13.5. The van der Waals surface area contributed by atoms with Crippen LogP contribution in [0.4, 0.5) is 8.78 Å². The van der Waals surface area contributed by atoms with Crippen molar-refractivity contribution < 1.29 is 23.8 Å². The summed E-state index contributed by atoms with van der Waals surface area (Å²) in [5.74, 6) is -2.69. The lowest BCUT2D eigenvalue weighted by atomic mass is 10.1. The van der Waals surface area contributed by atoms with E-state index in [4.69, 9.17) is 5.11 Å². The molecule has 4 nitrogen and oxygen atoms in total. The monoisotopic (exact) mass is 245 g/mol. The van der Waals surface area contributed by atoms with Crippen molar-refractivity contribution in [2.75, 3.05) is 0 Å². The number of nitrogens with one attached hydrogen (secondary N) is 1. The first-order chi connectivity index (χ1) is 7.91. The third kappa shape index (κ3) is 3.76. The Balaban J connectivity index is 2.69. The van der Waals surface area contributed by atoms with Crippen LogP contribution < -0.4 is 5.32 Å². The van der Waals surface area contributed by atoms with Gasteiger partial charge in [0, 0.05) is 18.2 Å². The second-order valence-electron chi connectivity index (χ2n) is 3.67. The second-order valence-corrected chi connectivity index (χ2v) is 3.67. The maximum absolute atomic E-state index is 13.2. The molecule has 0 amide bonds. The van der Waals surface area contributed by atoms with E-state index in [0.717, 1.165) is 12.1 Å². The molecule has 2 unspecified atom stereocenters. The molecule has 0 heterocycles. The minimum Gasteiger partial charge on any atom is -0.480 e. The highest BCUT2D eigenvalue weighted by Crippen LogP contribution is 2.09. The zero-order valence-corrected chi connectivity index (χ0v) is 9.15. The first-order valence-corrected chi connectivity index (χ1v) is 5.00. The maximum atomic E-state index is 13.2. The minimum absolute atomic E-state index is 0.103. The van der Waals surface area contributed by atoms with Crippen molar-refractivity contribution in [3.05, 3.63) is 35.4 Å². The fraction of sp³-hybridized carbons (Fsp3) is 0.364. The Morgan fingerprint density at radius 3 is 2.59 bits per heavy atom. The number of aliphatic carboxylic acids is 1. The molecule has 0 aliphatic rings. The lowest BCUT2D eigenvalue weighted by Gasteiger charge is -2.17. The third-order valence-electron chi connectivity index (χ3n) is 2.28. The number of aliphatic hydroxyl groups excluding tert-OH is 1. The molecule has 0 spiro atoms. The average molecular weight is 245 g/mol. The highest BCUT2D eigenvalue weighted by molar-refractivity contribution is 5.74.